The number of nitrogens with one attached hydrogen (secondary N) is 1. The molecule has 0 aliphatic carbocycles. The zero-order valence-corrected chi connectivity index (χ0v) is 12.5. The van der Waals surface area contributed by atoms with Crippen LogP contribution in [0, 0.1) is 18.3 Å². The van der Waals surface area contributed by atoms with Crippen LogP contribution in [-0.2, 0) is 11.3 Å². The summed E-state index contributed by atoms with van der Waals surface area (Å²) in [6.07, 6.45) is 0. The van der Waals surface area contributed by atoms with Crippen molar-refractivity contribution in [3.05, 3.63) is 69.6 Å². The van der Waals surface area contributed by atoms with Gasteiger partial charge in [0.25, 0.3) is 5.56 Å². The van der Waals surface area contributed by atoms with Gasteiger partial charge in [0.05, 0.1) is 6.04 Å². The first-order valence-electron chi connectivity index (χ1n) is 6.97. The molecule has 1 aromatic heterocycles. The van der Waals surface area contributed by atoms with Gasteiger partial charge in [0.1, 0.15) is 18.2 Å². The second-order valence-corrected chi connectivity index (χ2v) is 5.09. The predicted octanol–water partition coefficient (Wildman–Crippen LogP) is 1.91. The average molecular weight is 295 g/mol. The van der Waals surface area contributed by atoms with E-state index in [-0.39, 0.29) is 24.1 Å². The van der Waals surface area contributed by atoms with Gasteiger partial charge in [0, 0.05) is 5.69 Å². The van der Waals surface area contributed by atoms with Crippen LogP contribution in [0.3, 0.4) is 0 Å². The van der Waals surface area contributed by atoms with E-state index in [1.54, 1.807) is 13.0 Å². The van der Waals surface area contributed by atoms with Gasteiger partial charge in [-0.2, -0.15) is 5.26 Å². The molecule has 1 amide bonds. The quantitative estimate of drug-likeness (QED) is 0.936. The smallest absolute Gasteiger partial charge is 0.269 e. The molecule has 0 saturated heterocycles. The van der Waals surface area contributed by atoms with Crippen LogP contribution in [0.15, 0.2) is 47.3 Å². The molecule has 0 saturated carbocycles. The van der Waals surface area contributed by atoms with Gasteiger partial charge < -0.3 is 9.88 Å². The van der Waals surface area contributed by atoms with Crippen LogP contribution in [0.2, 0.25) is 0 Å². The number of rotatable bonds is 4. The van der Waals surface area contributed by atoms with Crippen LogP contribution in [0.5, 0.6) is 0 Å². The predicted molar refractivity (Wildman–Crippen MR) is 83.2 cm³/mol. The number of aromatic nitrogens is 1. The fraction of sp³-hybridized carbons (Fsp3) is 0.235. The fourth-order valence-electron chi connectivity index (χ4n) is 2.21. The zero-order chi connectivity index (χ0) is 16.1. The number of aryl methyl sites for hydroxylation is 1. The van der Waals surface area contributed by atoms with Crippen molar-refractivity contribution in [1.29, 1.82) is 5.26 Å². The average Bonchev–Trinajstić information content (AvgIpc) is 2.52. The summed E-state index contributed by atoms with van der Waals surface area (Å²) in [5, 5.41) is 11.8. The topological polar surface area (TPSA) is 74.9 Å². The van der Waals surface area contributed by atoms with Crippen molar-refractivity contribution in [3.8, 4) is 6.07 Å². The van der Waals surface area contributed by atoms with E-state index in [0.717, 1.165) is 5.56 Å². The Labute approximate surface area is 128 Å². The first-order chi connectivity index (χ1) is 10.5. The SMILES string of the molecule is Cc1ccc(C#N)c(=O)n1CC(=O)NC(C)c1ccccc1. The monoisotopic (exact) mass is 295 g/mol. The summed E-state index contributed by atoms with van der Waals surface area (Å²) in [4.78, 5) is 24.2. The van der Waals surface area contributed by atoms with E-state index in [2.05, 4.69) is 5.32 Å². The van der Waals surface area contributed by atoms with E-state index in [0.29, 0.717) is 5.69 Å². The molecule has 0 fully saturated rings. The Kier molecular flexibility index (Phi) is 4.74. The molecule has 112 valence electrons. The van der Waals surface area contributed by atoms with Crippen molar-refractivity contribution in [1.82, 2.24) is 9.88 Å². The molecule has 1 heterocycles. The molecular weight excluding hydrogens is 278 g/mol. The second kappa shape index (κ2) is 6.72. The lowest BCUT2D eigenvalue weighted by molar-refractivity contribution is -0.122. The molecule has 1 atom stereocenters. The third kappa shape index (κ3) is 3.41. The number of carbonyl (C=O) groups excluding carboxylic acids is 1. The van der Waals surface area contributed by atoms with Crippen LogP contribution in [-0.4, -0.2) is 10.5 Å². The molecule has 5 heteroatoms. The molecule has 1 N–H and O–H groups in total. The zero-order valence-electron chi connectivity index (χ0n) is 12.5. The van der Waals surface area contributed by atoms with E-state index >= 15 is 0 Å². The molecule has 2 aromatic rings. The van der Waals surface area contributed by atoms with Crippen molar-refractivity contribution in [2.45, 2.75) is 26.4 Å². The second-order valence-electron chi connectivity index (χ2n) is 5.09. The number of carbonyl (C=O) groups is 1. The number of hydrogen-bond donors (Lipinski definition) is 1. The molecule has 0 radical (unpaired) electrons. The van der Waals surface area contributed by atoms with Gasteiger partial charge >= 0.3 is 0 Å². The number of hydrogen-bond acceptors (Lipinski definition) is 3. The Morgan fingerprint density at radius 1 is 1.27 bits per heavy atom. The van der Waals surface area contributed by atoms with Crippen molar-refractivity contribution in [2.75, 3.05) is 0 Å². The maximum absolute atomic E-state index is 12.1. The highest BCUT2D eigenvalue weighted by atomic mass is 16.2. The third-order valence-corrected chi connectivity index (χ3v) is 3.49. The minimum absolute atomic E-state index is 0.0366. The molecule has 5 nitrogen and oxygen atoms in total. The van der Waals surface area contributed by atoms with Crippen molar-refractivity contribution in [3.63, 3.8) is 0 Å². The van der Waals surface area contributed by atoms with Crippen LogP contribution >= 0.6 is 0 Å². The lowest BCUT2D eigenvalue weighted by Crippen LogP contribution is -2.35. The van der Waals surface area contributed by atoms with Crippen LogP contribution in [0.25, 0.3) is 0 Å². The lowest BCUT2D eigenvalue weighted by atomic mass is 10.1. The summed E-state index contributed by atoms with van der Waals surface area (Å²) >= 11 is 0. The minimum Gasteiger partial charge on any atom is -0.348 e. The Balaban J connectivity index is 2.14. The van der Waals surface area contributed by atoms with Gasteiger partial charge in [0.15, 0.2) is 0 Å². The molecule has 2 rings (SSSR count). The molecule has 0 aliphatic heterocycles. The van der Waals surface area contributed by atoms with E-state index in [9.17, 15) is 9.59 Å². The molecule has 1 unspecified atom stereocenters. The van der Waals surface area contributed by atoms with Gasteiger partial charge in [-0.25, -0.2) is 0 Å². The standard InChI is InChI=1S/C17H17N3O2/c1-12-8-9-15(10-18)17(22)20(12)11-16(21)19-13(2)14-6-4-3-5-7-14/h3-9,13H,11H2,1-2H3,(H,19,21). The summed E-state index contributed by atoms with van der Waals surface area (Å²) in [5.74, 6) is -0.267. The Morgan fingerprint density at radius 3 is 2.59 bits per heavy atom. The summed E-state index contributed by atoms with van der Waals surface area (Å²) < 4.78 is 1.31. The van der Waals surface area contributed by atoms with Gasteiger partial charge in [-0.05, 0) is 31.5 Å². The van der Waals surface area contributed by atoms with Crippen molar-refractivity contribution < 1.29 is 4.79 Å². The van der Waals surface area contributed by atoms with Crippen LogP contribution in [0.1, 0.15) is 29.8 Å². The maximum Gasteiger partial charge on any atom is 0.269 e. The van der Waals surface area contributed by atoms with Crippen molar-refractivity contribution >= 4 is 5.91 Å². The van der Waals surface area contributed by atoms with Gasteiger partial charge in [0.2, 0.25) is 5.91 Å². The molecule has 0 spiro atoms. The van der Waals surface area contributed by atoms with Gasteiger partial charge in [-0.1, -0.05) is 30.3 Å². The minimum atomic E-state index is -0.440. The molecule has 0 aliphatic rings. The van der Waals surface area contributed by atoms with Gasteiger partial charge in [-0.15, -0.1) is 0 Å². The lowest BCUT2D eigenvalue weighted by Gasteiger charge is -2.16. The molecule has 22 heavy (non-hydrogen) atoms. The van der Waals surface area contributed by atoms with Crippen LogP contribution < -0.4 is 10.9 Å². The number of nitrogens with zero attached hydrogens (tertiary/aromatic N) is 2. The van der Waals surface area contributed by atoms with Crippen LogP contribution in [0.4, 0.5) is 0 Å². The van der Waals surface area contributed by atoms with Crippen molar-refractivity contribution in [2.24, 2.45) is 0 Å². The Hall–Kier alpha value is -2.87. The number of nitriles is 1. The molecule has 1 aromatic carbocycles. The number of amides is 1. The van der Waals surface area contributed by atoms with E-state index in [1.807, 2.05) is 43.3 Å². The normalized spacial score (nSPS) is 11.5. The highest BCUT2D eigenvalue weighted by Crippen LogP contribution is 2.11. The first-order valence-corrected chi connectivity index (χ1v) is 6.97. The van der Waals surface area contributed by atoms with E-state index in [4.69, 9.17) is 5.26 Å². The van der Waals surface area contributed by atoms with E-state index < -0.39 is 5.56 Å². The van der Waals surface area contributed by atoms with Gasteiger partial charge in [-0.3, -0.25) is 9.59 Å². The number of benzene rings is 1. The highest BCUT2D eigenvalue weighted by Gasteiger charge is 2.13. The molecule has 0 bridgehead atoms. The largest absolute Gasteiger partial charge is 0.348 e. The fourth-order valence-corrected chi connectivity index (χ4v) is 2.21. The number of pyridine rings is 1. The first kappa shape index (κ1) is 15.5. The summed E-state index contributed by atoms with van der Waals surface area (Å²) in [5.41, 5.74) is 1.23. The maximum atomic E-state index is 12.1. The van der Waals surface area contributed by atoms with E-state index in [1.165, 1.54) is 10.6 Å². The summed E-state index contributed by atoms with van der Waals surface area (Å²) in [6.45, 7) is 3.52. The molecular formula is C17H17N3O2. The highest BCUT2D eigenvalue weighted by molar-refractivity contribution is 5.76. The summed E-state index contributed by atoms with van der Waals surface area (Å²) in [6, 6.07) is 14.4. The third-order valence-electron chi connectivity index (χ3n) is 3.49. The summed E-state index contributed by atoms with van der Waals surface area (Å²) in [7, 11) is 0. The Morgan fingerprint density at radius 2 is 1.95 bits per heavy atom. The Bertz CT molecular complexity index is 773.